The van der Waals surface area contributed by atoms with Crippen molar-refractivity contribution in [1.82, 2.24) is 4.98 Å². The Bertz CT molecular complexity index is 386. The molecule has 2 rings (SSSR count). The van der Waals surface area contributed by atoms with E-state index in [4.69, 9.17) is 0 Å². The molecule has 0 saturated carbocycles. The van der Waals surface area contributed by atoms with E-state index in [0.717, 1.165) is 17.6 Å². The Morgan fingerprint density at radius 1 is 1.36 bits per heavy atom. The van der Waals surface area contributed by atoms with E-state index in [9.17, 15) is 5.11 Å². The summed E-state index contributed by atoms with van der Waals surface area (Å²) in [5, 5.41) is 10.7. The molecule has 2 heteroatoms. The van der Waals surface area contributed by atoms with Crippen LogP contribution in [0.15, 0.2) is 30.3 Å². The first-order chi connectivity index (χ1) is 6.79. The Morgan fingerprint density at radius 3 is 2.86 bits per heavy atom. The normalized spacial score (nSPS) is 13.3. The van der Waals surface area contributed by atoms with Crippen LogP contribution in [0.25, 0.3) is 10.9 Å². The molecule has 0 amide bonds. The van der Waals surface area contributed by atoms with E-state index < -0.39 is 0 Å². The van der Waals surface area contributed by atoms with Gasteiger partial charge >= 0.3 is 0 Å². The van der Waals surface area contributed by atoms with Gasteiger partial charge in [0.25, 0.3) is 0 Å². The number of nitrogens with one attached hydrogen (secondary N) is 1. The standard InChI is InChI=1S/C12H15NO/c1-2-11(14)8-10-7-9-5-3-4-6-12(9)13-10/h3-7,11,13-14H,2,8H2,1H3/t11-/m0/s1. The highest BCUT2D eigenvalue weighted by Gasteiger charge is 2.05. The lowest BCUT2D eigenvalue weighted by Crippen LogP contribution is -2.08. The summed E-state index contributed by atoms with van der Waals surface area (Å²) in [4.78, 5) is 3.30. The average Bonchev–Trinajstić information content (AvgIpc) is 2.59. The minimum atomic E-state index is -0.233. The van der Waals surface area contributed by atoms with Gasteiger partial charge in [0.1, 0.15) is 0 Å². The third kappa shape index (κ3) is 1.80. The zero-order valence-corrected chi connectivity index (χ0v) is 8.33. The molecule has 0 bridgehead atoms. The third-order valence-corrected chi connectivity index (χ3v) is 2.51. The maximum atomic E-state index is 9.52. The van der Waals surface area contributed by atoms with Gasteiger partial charge in [-0.25, -0.2) is 0 Å². The van der Waals surface area contributed by atoms with Crippen LogP contribution in [0, 0.1) is 0 Å². The summed E-state index contributed by atoms with van der Waals surface area (Å²) in [6, 6.07) is 10.3. The highest BCUT2D eigenvalue weighted by Crippen LogP contribution is 2.16. The van der Waals surface area contributed by atoms with Gasteiger partial charge in [-0.05, 0) is 23.9 Å². The zero-order valence-electron chi connectivity index (χ0n) is 8.33. The zero-order chi connectivity index (χ0) is 9.97. The number of fused-ring (bicyclic) bond motifs is 1. The number of hydrogen-bond donors (Lipinski definition) is 2. The van der Waals surface area contributed by atoms with Gasteiger partial charge in [0.05, 0.1) is 6.10 Å². The molecule has 0 unspecified atom stereocenters. The fourth-order valence-electron chi connectivity index (χ4n) is 1.64. The van der Waals surface area contributed by atoms with Crippen LogP contribution in [-0.4, -0.2) is 16.2 Å². The van der Waals surface area contributed by atoms with Crippen molar-refractivity contribution in [3.8, 4) is 0 Å². The quantitative estimate of drug-likeness (QED) is 0.764. The van der Waals surface area contributed by atoms with Gasteiger partial charge in [-0.3, -0.25) is 0 Å². The molecule has 1 heterocycles. The van der Waals surface area contributed by atoms with Gasteiger partial charge < -0.3 is 10.1 Å². The highest BCUT2D eigenvalue weighted by molar-refractivity contribution is 5.80. The van der Waals surface area contributed by atoms with Crippen LogP contribution >= 0.6 is 0 Å². The van der Waals surface area contributed by atoms with E-state index in [1.165, 1.54) is 5.39 Å². The van der Waals surface area contributed by atoms with Crippen molar-refractivity contribution in [3.63, 3.8) is 0 Å². The van der Waals surface area contributed by atoms with Crippen molar-refractivity contribution >= 4 is 10.9 Å². The minimum absolute atomic E-state index is 0.233. The first-order valence-corrected chi connectivity index (χ1v) is 5.04. The Hall–Kier alpha value is -1.28. The van der Waals surface area contributed by atoms with Crippen LogP contribution < -0.4 is 0 Å². The topological polar surface area (TPSA) is 36.0 Å². The van der Waals surface area contributed by atoms with Gasteiger partial charge in [0.2, 0.25) is 0 Å². The Labute approximate surface area is 83.6 Å². The largest absolute Gasteiger partial charge is 0.393 e. The van der Waals surface area contributed by atoms with E-state index in [1.54, 1.807) is 0 Å². The number of benzene rings is 1. The maximum absolute atomic E-state index is 9.52. The van der Waals surface area contributed by atoms with Crippen molar-refractivity contribution < 1.29 is 5.11 Å². The first-order valence-electron chi connectivity index (χ1n) is 5.04. The summed E-state index contributed by atoms with van der Waals surface area (Å²) < 4.78 is 0. The van der Waals surface area contributed by atoms with Crippen LogP contribution in [0.1, 0.15) is 19.0 Å². The van der Waals surface area contributed by atoms with Crippen molar-refractivity contribution in [3.05, 3.63) is 36.0 Å². The molecule has 2 N–H and O–H groups in total. The van der Waals surface area contributed by atoms with E-state index in [1.807, 2.05) is 19.1 Å². The molecule has 2 aromatic rings. The monoisotopic (exact) mass is 189 g/mol. The fraction of sp³-hybridized carbons (Fsp3) is 0.333. The molecule has 0 aliphatic heterocycles. The smallest absolute Gasteiger partial charge is 0.0592 e. The lowest BCUT2D eigenvalue weighted by Gasteiger charge is -2.04. The van der Waals surface area contributed by atoms with Gasteiger partial charge in [-0.2, -0.15) is 0 Å². The number of aliphatic hydroxyl groups is 1. The highest BCUT2D eigenvalue weighted by atomic mass is 16.3. The first kappa shape index (κ1) is 9.28. The van der Waals surface area contributed by atoms with Crippen molar-refractivity contribution in [2.24, 2.45) is 0 Å². The SMILES string of the molecule is CC[C@H](O)Cc1cc2ccccc2[nH]1. The lowest BCUT2D eigenvalue weighted by molar-refractivity contribution is 0.170. The molecule has 0 aliphatic carbocycles. The fourth-order valence-corrected chi connectivity index (χ4v) is 1.64. The van der Waals surface area contributed by atoms with Crippen LogP contribution in [0.5, 0.6) is 0 Å². The number of hydrogen-bond acceptors (Lipinski definition) is 1. The van der Waals surface area contributed by atoms with E-state index >= 15 is 0 Å². The molecule has 14 heavy (non-hydrogen) atoms. The molecular weight excluding hydrogens is 174 g/mol. The van der Waals surface area contributed by atoms with Crippen LogP contribution in [0.4, 0.5) is 0 Å². The van der Waals surface area contributed by atoms with Crippen LogP contribution in [0.2, 0.25) is 0 Å². The summed E-state index contributed by atoms with van der Waals surface area (Å²) in [6.07, 6.45) is 1.28. The molecule has 1 aromatic carbocycles. The molecular formula is C12H15NO. The third-order valence-electron chi connectivity index (χ3n) is 2.51. The summed E-state index contributed by atoms with van der Waals surface area (Å²) >= 11 is 0. The van der Waals surface area contributed by atoms with E-state index in [2.05, 4.69) is 23.2 Å². The van der Waals surface area contributed by atoms with Gasteiger partial charge in [-0.1, -0.05) is 25.1 Å². The molecule has 0 spiro atoms. The molecule has 0 fully saturated rings. The molecule has 1 atom stereocenters. The van der Waals surface area contributed by atoms with E-state index in [-0.39, 0.29) is 6.10 Å². The molecule has 1 aromatic heterocycles. The second kappa shape index (κ2) is 3.84. The predicted molar refractivity (Wildman–Crippen MR) is 58.3 cm³/mol. The summed E-state index contributed by atoms with van der Waals surface area (Å²) in [5.41, 5.74) is 2.26. The van der Waals surface area contributed by atoms with Gasteiger partial charge in [-0.15, -0.1) is 0 Å². The number of para-hydroxylation sites is 1. The van der Waals surface area contributed by atoms with Crippen LogP contribution in [0.3, 0.4) is 0 Å². The van der Waals surface area contributed by atoms with Crippen LogP contribution in [-0.2, 0) is 6.42 Å². The Kier molecular flexibility index (Phi) is 2.55. The average molecular weight is 189 g/mol. The van der Waals surface area contributed by atoms with Crippen molar-refractivity contribution in [1.29, 1.82) is 0 Å². The maximum Gasteiger partial charge on any atom is 0.0592 e. The summed E-state index contributed by atoms with van der Waals surface area (Å²) in [6.45, 7) is 1.99. The van der Waals surface area contributed by atoms with Gasteiger partial charge in [0.15, 0.2) is 0 Å². The minimum Gasteiger partial charge on any atom is -0.393 e. The Balaban J connectivity index is 2.27. The van der Waals surface area contributed by atoms with Crippen molar-refractivity contribution in [2.75, 3.05) is 0 Å². The number of rotatable bonds is 3. The second-order valence-electron chi connectivity index (χ2n) is 3.65. The molecule has 0 saturated heterocycles. The number of aliphatic hydroxyl groups excluding tert-OH is 1. The molecule has 74 valence electrons. The Morgan fingerprint density at radius 2 is 2.14 bits per heavy atom. The number of aromatic nitrogens is 1. The molecule has 0 radical (unpaired) electrons. The lowest BCUT2D eigenvalue weighted by atomic mass is 10.1. The predicted octanol–water partition coefficient (Wildman–Crippen LogP) is 2.48. The van der Waals surface area contributed by atoms with Crippen molar-refractivity contribution in [2.45, 2.75) is 25.9 Å². The summed E-state index contributed by atoms with van der Waals surface area (Å²) in [5.74, 6) is 0. The molecule has 0 aliphatic rings. The van der Waals surface area contributed by atoms with Gasteiger partial charge in [0, 0.05) is 17.6 Å². The number of H-pyrrole nitrogens is 1. The molecule has 2 nitrogen and oxygen atoms in total. The number of aromatic amines is 1. The van der Waals surface area contributed by atoms with E-state index in [0.29, 0.717) is 6.42 Å². The second-order valence-corrected chi connectivity index (χ2v) is 3.65. The summed E-state index contributed by atoms with van der Waals surface area (Å²) in [7, 11) is 0.